The van der Waals surface area contributed by atoms with Crippen molar-refractivity contribution in [3.8, 4) is 0 Å². The van der Waals surface area contributed by atoms with Crippen molar-refractivity contribution in [3.05, 3.63) is 35.9 Å². The number of hydrogen-bond donors (Lipinski definition) is 1. The molecule has 2 rings (SSSR count). The molecule has 1 aliphatic heterocycles. The van der Waals surface area contributed by atoms with Gasteiger partial charge >= 0.3 is 0 Å². The van der Waals surface area contributed by atoms with E-state index in [1.165, 1.54) is 12.8 Å². The molecule has 20 heavy (non-hydrogen) atoms. The van der Waals surface area contributed by atoms with Crippen molar-refractivity contribution in [2.24, 2.45) is 5.73 Å². The van der Waals surface area contributed by atoms with Crippen molar-refractivity contribution in [1.29, 1.82) is 0 Å². The molecule has 0 saturated carbocycles. The van der Waals surface area contributed by atoms with Crippen molar-refractivity contribution in [1.82, 2.24) is 4.90 Å². The summed E-state index contributed by atoms with van der Waals surface area (Å²) in [6.07, 6.45) is 4.50. The van der Waals surface area contributed by atoms with E-state index in [-0.39, 0.29) is 16.9 Å². The summed E-state index contributed by atoms with van der Waals surface area (Å²) in [6, 6.07) is 9.87. The van der Waals surface area contributed by atoms with E-state index in [4.69, 9.17) is 18.0 Å². The van der Waals surface area contributed by atoms with Gasteiger partial charge in [0.15, 0.2) is 0 Å². The minimum Gasteiger partial charge on any atom is -0.392 e. The Kier molecular flexibility index (Phi) is 5.12. The molecule has 2 N–H and O–H groups in total. The Labute approximate surface area is 126 Å². The number of benzene rings is 1. The molecule has 1 aliphatic rings. The van der Waals surface area contributed by atoms with Crippen LogP contribution in [-0.4, -0.2) is 28.4 Å². The molecule has 1 aromatic carbocycles. The molecule has 4 heteroatoms. The molecule has 1 fully saturated rings. The van der Waals surface area contributed by atoms with Gasteiger partial charge in [0.25, 0.3) is 0 Å². The molecule has 2 unspecified atom stereocenters. The van der Waals surface area contributed by atoms with Crippen LogP contribution in [0, 0.1) is 0 Å². The zero-order valence-corrected chi connectivity index (χ0v) is 12.7. The highest BCUT2D eigenvalue weighted by atomic mass is 32.1. The minimum absolute atomic E-state index is 0.0538. The van der Waals surface area contributed by atoms with Gasteiger partial charge in [-0.1, -0.05) is 55.4 Å². The number of thiocarbonyl (C=S) groups is 1. The third-order valence-electron chi connectivity index (χ3n) is 4.00. The molecule has 1 aromatic rings. The van der Waals surface area contributed by atoms with Gasteiger partial charge in [-0.25, -0.2) is 0 Å². The van der Waals surface area contributed by atoms with E-state index in [2.05, 4.69) is 6.92 Å². The van der Waals surface area contributed by atoms with Gasteiger partial charge in [0.2, 0.25) is 5.91 Å². The highest BCUT2D eigenvalue weighted by Crippen LogP contribution is 2.24. The molecule has 108 valence electrons. The number of rotatable bonds is 3. The summed E-state index contributed by atoms with van der Waals surface area (Å²) in [5, 5.41) is 0. The molecule has 1 saturated heterocycles. The monoisotopic (exact) mass is 290 g/mol. The lowest BCUT2D eigenvalue weighted by atomic mass is 9.96. The maximum Gasteiger partial charge on any atom is 0.237 e. The predicted octanol–water partition coefficient (Wildman–Crippen LogP) is 2.85. The average molecular weight is 290 g/mol. The summed E-state index contributed by atoms with van der Waals surface area (Å²) < 4.78 is 0. The zero-order chi connectivity index (χ0) is 14.5. The van der Waals surface area contributed by atoms with Crippen LogP contribution in [-0.2, 0) is 4.79 Å². The fourth-order valence-electron chi connectivity index (χ4n) is 2.84. The normalized spacial score (nSPS) is 21.1. The topological polar surface area (TPSA) is 46.3 Å². The fourth-order valence-corrected chi connectivity index (χ4v) is 3.08. The first-order valence-corrected chi connectivity index (χ1v) is 7.67. The minimum atomic E-state index is -0.494. The van der Waals surface area contributed by atoms with E-state index in [0.29, 0.717) is 0 Å². The third-order valence-corrected chi connectivity index (χ3v) is 4.24. The fraction of sp³-hybridized carbons (Fsp3) is 0.500. The first kappa shape index (κ1) is 15.0. The van der Waals surface area contributed by atoms with Crippen LogP contribution in [0.4, 0.5) is 0 Å². The predicted molar refractivity (Wildman–Crippen MR) is 85.6 cm³/mol. The van der Waals surface area contributed by atoms with Crippen LogP contribution in [0.5, 0.6) is 0 Å². The maximum absolute atomic E-state index is 12.9. The largest absolute Gasteiger partial charge is 0.392 e. The van der Waals surface area contributed by atoms with E-state index in [0.717, 1.165) is 24.9 Å². The van der Waals surface area contributed by atoms with Crippen LogP contribution in [0.3, 0.4) is 0 Å². The van der Waals surface area contributed by atoms with Crippen molar-refractivity contribution in [2.45, 2.75) is 44.6 Å². The lowest BCUT2D eigenvalue weighted by Gasteiger charge is -2.31. The number of carbonyl (C=O) groups excluding carboxylic acids is 1. The second-order valence-corrected chi connectivity index (χ2v) is 5.95. The molecule has 0 spiro atoms. The first-order chi connectivity index (χ1) is 9.61. The number of likely N-dealkylation sites (tertiary alicyclic amines) is 1. The molecule has 2 atom stereocenters. The van der Waals surface area contributed by atoms with Gasteiger partial charge in [-0.2, -0.15) is 0 Å². The molecule has 0 aliphatic carbocycles. The Morgan fingerprint density at radius 3 is 2.65 bits per heavy atom. The van der Waals surface area contributed by atoms with Crippen LogP contribution >= 0.6 is 12.2 Å². The Hall–Kier alpha value is -1.42. The SMILES string of the molecule is CC1CCCCCN1C(=O)C(C(N)=S)c1ccccc1. The standard InChI is InChI=1S/C16H22N2OS/c1-12-8-4-3-7-11-18(12)16(19)14(15(17)20)13-9-5-2-6-10-13/h2,5-6,9-10,12,14H,3-4,7-8,11H2,1H3,(H2,17,20). The number of hydrogen-bond acceptors (Lipinski definition) is 2. The second kappa shape index (κ2) is 6.84. The van der Waals surface area contributed by atoms with Gasteiger partial charge in [-0.15, -0.1) is 0 Å². The first-order valence-electron chi connectivity index (χ1n) is 7.26. The van der Waals surface area contributed by atoms with Crippen molar-refractivity contribution < 1.29 is 4.79 Å². The molecule has 0 aromatic heterocycles. The summed E-state index contributed by atoms with van der Waals surface area (Å²) >= 11 is 5.15. The average Bonchev–Trinajstić information content (AvgIpc) is 2.64. The maximum atomic E-state index is 12.9. The van der Waals surface area contributed by atoms with E-state index in [1.54, 1.807) is 0 Å². The third kappa shape index (κ3) is 3.37. The summed E-state index contributed by atoms with van der Waals surface area (Å²) in [5.41, 5.74) is 6.73. The van der Waals surface area contributed by atoms with Crippen LogP contribution in [0.25, 0.3) is 0 Å². The second-order valence-electron chi connectivity index (χ2n) is 5.48. The quantitative estimate of drug-likeness (QED) is 0.871. The summed E-state index contributed by atoms with van der Waals surface area (Å²) in [6.45, 7) is 2.93. The molecule has 0 bridgehead atoms. The van der Waals surface area contributed by atoms with Gasteiger partial charge in [0.1, 0.15) is 5.92 Å². The van der Waals surface area contributed by atoms with Gasteiger partial charge < -0.3 is 10.6 Å². The van der Waals surface area contributed by atoms with Crippen LogP contribution < -0.4 is 5.73 Å². The Morgan fingerprint density at radius 2 is 2.00 bits per heavy atom. The van der Waals surface area contributed by atoms with Crippen LogP contribution in [0.15, 0.2) is 30.3 Å². The number of amides is 1. The lowest BCUT2D eigenvalue weighted by Crippen LogP contribution is -2.44. The van der Waals surface area contributed by atoms with Crippen molar-refractivity contribution in [2.75, 3.05) is 6.54 Å². The molecular formula is C16H22N2OS. The van der Waals surface area contributed by atoms with Gasteiger partial charge in [-0.05, 0) is 25.3 Å². The van der Waals surface area contributed by atoms with Crippen LogP contribution in [0.1, 0.15) is 44.1 Å². The number of nitrogens with zero attached hydrogens (tertiary/aromatic N) is 1. The molecular weight excluding hydrogens is 268 g/mol. The van der Waals surface area contributed by atoms with E-state index >= 15 is 0 Å². The summed E-state index contributed by atoms with van der Waals surface area (Å²) in [4.78, 5) is 15.1. The molecule has 1 heterocycles. The van der Waals surface area contributed by atoms with Gasteiger partial charge in [0.05, 0.1) is 4.99 Å². The Morgan fingerprint density at radius 1 is 1.30 bits per heavy atom. The van der Waals surface area contributed by atoms with E-state index in [9.17, 15) is 4.79 Å². The van der Waals surface area contributed by atoms with Crippen molar-refractivity contribution >= 4 is 23.1 Å². The summed E-state index contributed by atoms with van der Waals surface area (Å²) in [5.74, 6) is -0.440. The highest BCUT2D eigenvalue weighted by molar-refractivity contribution is 7.80. The molecule has 3 nitrogen and oxygen atoms in total. The van der Waals surface area contributed by atoms with Gasteiger partial charge in [-0.3, -0.25) is 4.79 Å². The number of nitrogens with two attached hydrogens (primary N) is 1. The van der Waals surface area contributed by atoms with E-state index in [1.807, 2.05) is 35.2 Å². The lowest BCUT2D eigenvalue weighted by molar-refractivity contribution is -0.133. The zero-order valence-electron chi connectivity index (χ0n) is 11.9. The van der Waals surface area contributed by atoms with Gasteiger partial charge in [0, 0.05) is 12.6 Å². The summed E-state index contributed by atoms with van der Waals surface area (Å²) in [7, 11) is 0. The molecule has 0 radical (unpaired) electrons. The molecule has 1 amide bonds. The highest BCUT2D eigenvalue weighted by Gasteiger charge is 2.31. The van der Waals surface area contributed by atoms with Crippen molar-refractivity contribution in [3.63, 3.8) is 0 Å². The van der Waals surface area contributed by atoms with Crippen LogP contribution in [0.2, 0.25) is 0 Å². The smallest absolute Gasteiger partial charge is 0.237 e. The number of carbonyl (C=O) groups is 1. The Bertz CT molecular complexity index is 475. The van der Waals surface area contributed by atoms with E-state index < -0.39 is 5.92 Å². The Balaban J connectivity index is 2.25.